The zero-order chi connectivity index (χ0) is 10.4. The second-order valence-electron chi connectivity index (χ2n) is 3.49. The summed E-state index contributed by atoms with van der Waals surface area (Å²) in [6, 6.07) is 0. The van der Waals surface area contributed by atoms with Gasteiger partial charge in [-0.2, -0.15) is 0 Å². The summed E-state index contributed by atoms with van der Waals surface area (Å²) in [4.78, 5) is 4.26. The molecule has 0 aliphatic rings. The predicted octanol–water partition coefficient (Wildman–Crippen LogP) is 2.45. The first-order valence-electron chi connectivity index (χ1n) is 5.00. The topological polar surface area (TPSA) is 37.7 Å². The van der Waals surface area contributed by atoms with Gasteiger partial charge in [-0.05, 0) is 12.3 Å². The zero-order valence-corrected chi connectivity index (χ0v) is 9.59. The van der Waals surface area contributed by atoms with Crippen LogP contribution in [0.1, 0.15) is 20.3 Å². The molecule has 0 N–H and O–H groups in total. The Kier molecular flexibility index (Phi) is 5.04. The van der Waals surface area contributed by atoms with Crippen LogP contribution >= 0.6 is 11.8 Å². The SMILES string of the molecule is CCCn1ccnc1SCC(C)C[O]. The van der Waals surface area contributed by atoms with Crippen molar-refractivity contribution in [2.75, 3.05) is 12.4 Å². The van der Waals surface area contributed by atoms with Crippen molar-refractivity contribution in [3.05, 3.63) is 12.4 Å². The van der Waals surface area contributed by atoms with E-state index in [2.05, 4.69) is 16.5 Å². The van der Waals surface area contributed by atoms with E-state index in [1.165, 1.54) is 0 Å². The van der Waals surface area contributed by atoms with Crippen LogP contribution in [0.3, 0.4) is 0 Å². The summed E-state index contributed by atoms with van der Waals surface area (Å²) >= 11 is 1.68. The minimum atomic E-state index is 0.00147. The van der Waals surface area contributed by atoms with Gasteiger partial charge in [0.25, 0.3) is 0 Å². The van der Waals surface area contributed by atoms with Gasteiger partial charge in [0, 0.05) is 24.7 Å². The van der Waals surface area contributed by atoms with Crippen molar-refractivity contribution in [2.24, 2.45) is 5.92 Å². The van der Waals surface area contributed by atoms with Crippen molar-refractivity contribution < 1.29 is 5.11 Å². The fraction of sp³-hybridized carbons (Fsp3) is 0.700. The molecular weight excluding hydrogens is 196 g/mol. The summed E-state index contributed by atoms with van der Waals surface area (Å²) in [6.45, 7) is 5.14. The Labute approximate surface area is 89.5 Å². The highest BCUT2D eigenvalue weighted by Gasteiger charge is 2.06. The lowest BCUT2D eigenvalue weighted by atomic mass is 10.2. The summed E-state index contributed by atoms with van der Waals surface area (Å²) in [5, 5.41) is 11.6. The van der Waals surface area contributed by atoms with Gasteiger partial charge in [0.2, 0.25) is 0 Å². The van der Waals surface area contributed by atoms with Gasteiger partial charge in [0.15, 0.2) is 5.16 Å². The van der Waals surface area contributed by atoms with E-state index in [1.54, 1.807) is 11.8 Å². The number of hydrogen-bond donors (Lipinski definition) is 0. The van der Waals surface area contributed by atoms with E-state index in [4.69, 9.17) is 0 Å². The lowest BCUT2D eigenvalue weighted by Gasteiger charge is -2.07. The summed E-state index contributed by atoms with van der Waals surface area (Å²) in [5.74, 6) is 1.09. The number of nitrogens with zero attached hydrogens (tertiary/aromatic N) is 2. The summed E-state index contributed by atoms with van der Waals surface area (Å²) in [7, 11) is 0. The number of aromatic nitrogens is 2. The molecule has 1 heterocycles. The van der Waals surface area contributed by atoms with Crippen LogP contribution in [0, 0.1) is 5.92 Å². The Morgan fingerprint density at radius 1 is 1.64 bits per heavy atom. The average molecular weight is 213 g/mol. The summed E-state index contributed by atoms with van der Waals surface area (Å²) < 4.78 is 2.14. The fourth-order valence-corrected chi connectivity index (χ4v) is 2.09. The van der Waals surface area contributed by atoms with Crippen LogP contribution in [0.4, 0.5) is 0 Å². The van der Waals surface area contributed by atoms with Gasteiger partial charge in [-0.1, -0.05) is 25.6 Å². The van der Waals surface area contributed by atoms with Crippen molar-refractivity contribution in [3.8, 4) is 0 Å². The molecule has 1 aromatic rings. The third-order valence-electron chi connectivity index (χ3n) is 1.92. The molecule has 1 atom stereocenters. The van der Waals surface area contributed by atoms with Crippen molar-refractivity contribution >= 4 is 11.8 Å². The molecule has 1 radical (unpaired) electrons. The van der Waals surface area contributed by atoms with Crippen LogP contribution in [0.5, 0.6) is 0 Å². The van der Waals surface area contributed by atoms with Crippen LogP contribution in [-0.2, 0) is 11.7 Å². The third kappa shape index (κ3) is 3.35. The van der Waals surface area contributed by atoms with Crippen molar-refractivity contribution in [1.82, 2.24) is 9.55 Å². The van der Waals surface area contributed by atoms with E-state index in [0.717, 1.165) is 23.9 Å². The van der Waals surface area contributed by atoms with Gasteiger partial charge in [-0.15, -0.1) is 0 Å². The highest BCUT2D eigenvalue weighted by Crippen LogP contribution is 2.18. The summed E-state index contributed by atoms with van der Waals surface area (Å²) in [6.07, 6.45) is 4.93. The van der Waals surface area contributed by atoms with Crippen molar-refractivity contribution in [3.63, 3.8) is 0 Å². The van der Waals surface area contributed by atoms with Gasteiger partial charge < -0.3 is 4.57 Å². The van der Waals surface area contributed by atoms with Gasteiger partial charge in [0.05, 0.1) is 6.61 Å². The molecule has 79 valence electrons. The molecule has 0 spiro atoms. The first-order chi connectivity index (χ1) is 6.77. The molecule has 0 aliphatic carbocycles. The van der Waals surface area contributed by atoms with Crippen LogP contribution < -0.4 is 0 Å². The Morgan fingerprint density at radius 3 is 3.07 bits per heavy atom. The molecule has 4 heteroatoms. The molecule has 1 unspecified atom stereocenters. The number of rotatable bonds is 6. The van der Waals surface area contributed by atoms with Crippen LogP contribution in [0.2, 0.25) is 0 Å². The first kappa shape index (κ1) is 11.6. The standard InChI is InChI=1S/C10H17N2OS/c1-3-5-12-6-4-11-10(12)14-8-9(2)7-13/h4,6,9H,3,5,7-8H2,1-2H3. The number of thioether (sulfide) groups is 1. The smallest absolute Gasteiger partial charge is 0.167 e. The van der Waals surface area contributed by atoms with E-state index in [1.807, 2.05) is 19.3 Å². The van der Waals surface area contributed by atoms with Crippen LogP contribution in [-0.4, -0.2) is 21.9 Å². The lowest BCUT2D eigenvalue weighted by molar-refractivity contribution is 0.160. The largest absolute Gasteiger partial charge is 0.326 e. The Balaban J connectivity index is 2.45. The maximum Gasteiger partial charge on any atom is 0.167 e. The quantitative estimate of drug-likeness (QED) is 0.681. The van der Waals surface area contributed by atoms with Gasteiger partial charge in [0.1, 0.15) is 0 Å². The maximum atomic E-state index is 10.6. The number of imidazole rings is 1. The number of aryl methyl sites for hydroxylation is 1. The highest BCUT2D eigenvalue weighted by atomic mass is 32.2. The molecule has 1 rings (SSSR count). The molecule has 3 nitrogen and oxygen atoms in total. The molecule has 0 bridgehead atoms. The molecule has 0 aliphatic heterocycles. The molecule has 1 aromatic heterocycles. The van der Waals surface area contributed by atoms with E-state index < -0.39 is 0 Å². The first-order valence-corrected chi connectivity index (χ1v) is 5.98. The average Bonchev–Trinajstić information content (AvgIpc) is 2.62. The maximum absolute atomic E-state index is 10.6. The van der Waals surface area contributed by atoms with Gasteiger partial charge in [-0.3, -0.25) is 0 Å². The van der Waals surface area contributed by atoms with E-state index in [9.17, 15) is 5.11 Å². The monoisotopic (exact) mass is 213 g/mol. The Bertz CT molecular complexity index is 262. The molecule has 0 amide bonds. The van der Waals surface area contributed by atoms with Crippen molar-refractivity contribution in [2.45, 2.75) is 32.0 Å². The molecule has 14 heavy (non-hydrogen) atoms. The minimum Gasteiger partial charge on any atom is -0.326 e. The molecule has 0 saturated carbocycles. The van der Waals surface area contributed by atoms with Crippen LogP contribution in [0.15, 0.2) is 17.6 Å². The molecule has 0 aromatic carbocycles. The highest BCUT2D eigenvalue weighted by molar-refractivity contribution is 7.99. The van der Waals surface area contributed by atoms with E-state index in [0.29, 0.717) is 0 Å². The predicted molar refractivity (Wildman–Crippen MR) is 58.0 cm³/mol. The van der Waals surface area contributed by atoms with E-state index >= 15 is 0 Å². The molecule has 0 saturated heterocycles. The minimum absolute atomic E-state index is 0.00147. The second-order valence-corrected chi connectivity index (χ2v) is 4.47. The van der Waals surface area contributed by atoms with Gasteiger partial charge >= 0.3 is 0 Å². The Morgan fingerprint density at radius 2 is 2.43 bits per heavy atom. The van der Waals surface area contributed by atoms with Gasteiger partial charge in [-0.25, -0.2) is 10.1 Å². The van der Waals surface area contributed by atoms with Crippen molar-refractivity contribution in [1.29, 1.82) is 0 Å². The number of hydrogen-bond acceptors (Lipinski definition) is 2. The second kappa shape index (κ2) is 6.09. The normalized spacial score (nSPS) is 13.1. The fourth-order valence-electron chi connectivity index (χ4n) is 1.11. The van der Waals surface area contributed by atoms with E-state index in [-0.39, 0.29) is 12.5 Å². The van der Waals surface area contributed by atoms with Crippen LogP contribution in [0.25, 0.3) is 0 Å². The zero-order valence-electron chi connectivity index (χ0n) is 8.77. The molecular formula is C10H17N2OS. The summed E-state index contributed by atoms with van der Waals surface area (Å²) in [5.41, 5.74) is 0. The Hall–Kier alpha value is -0.480. The third-order valence-corrected chi connectivity index (χ3v) is 3.26. The lowest BCUT2D eigenvalue weighted by Crippen LogP contribution is -2.04. The molecule has 0 fully saturated rings.